The summed E-state index contributed by atoms with van der Waals surface area (Å²) in [5, 5.41) is 10.6. The Morgan fingerprint density at radius 2 is 1.78 bits per heavy atom. The van der Waals surface area contributed by atoms with Gasteiger partial charge >= 0.3 is 0 Å². The number of anilines is 2. The summed E-state index contributed by atoms with van der Waals surface area (Å²) in [6, 6.07) is 5.81. The Balaban J connectivity index is 1.75. The summed E-state index contributed by atoms with van der Waals surface area (Å²) in [5.41, 5.74) is 2.75. The minimum absolute atomic E-state index is 0.0338. The van der Waals surface area contributed by atoms with Crippen molar-refractivity contribution in [3.8, 4) is 0 Å². The molecule has 2 aromatic heterocycles. The van der Waals surface area contributed by atoms with Crippen molar-refractivity contribution in [2.24, 2.45) is 7.05 Å². The van der Waals surface area contributed by atoms with E-state index in [0.29, 0.717) is 28.2 Å². The third-order valence-corrected chi connectivity index (χ3v) is 5.41. The van der Waals surface area contributed by atoms with Crippen molar-refractivity contribution in [2.45, 2.75) is 25.7 Å². The number of nitrogens with zero attached hydrogens (tertiary/aromatic N) is 3. The zero-order chi connectivity index (χ0) is 19.8. The van der Waals surface area contributed by atoms with Gasteiger partial charge in [0, 0.05) is 24.5 Å². The van der Waals surface area contributed by atoms with Crippen LogP contribution in [-0.2, 0) is 17.1 Å². The largest absolute Gasteiger partial charge is 0.337 e. The van der Waals surface area contributed by atoms with Crippen LogP contribution in [0.15, 0.2) is 39.9 Å². The van der Waals surface area contributed by atoms with Crippen molar-refractivity contribution in [3.05, 3.63) is 53.0 Å². The molecular formula is C17H19N5O4S. The molecule has 0 aliphatic heterocycles. The minimum Gasteiger partial charge on any atom is -0.337 e. The molecule has 0 saturated heterocycles. The summed E-state index contributed by atoms with van der Waals surface area (Å²) in [6.07, 6.45) is 1.62. The van der Waals surface area contributed by atoms with Crippen LogP contribution in [0.4, 0.5) is 11.6 Å². The van der Waals surface area contributed by atoms with Crippen LogP contribution in [0, 0.1) is 20.8 Å². The number of sulfonamides is 1. The fraction of sp³-hybridized carbons (Fsp3) is 0.235. The fourth-order valence-electron chi connectivity index (χ4n) is 2.43. The third kappa shape index (κ3) is 3.85. The first kappa shape index (κ1) is 18.6. The van der Waals surface area contributed by atoms with E-state index in [1.54, 1.807) is 38.7 Å². The quantitative estimate of drug-likeness (QED) is 0.691. The number of amides is 1. The smallest absolute Gasteiger partial charge is 0.264 e. The van der Waals surface area contributed by atoms with Crippen molar-refractivity contribution >= 4 is 27.5 Å². The molecule has 142 valence electrons. The Hall–Kier alpha value is -3.14. The van der Waals surface area contributed by atoms with Crippen LogP contribution in [0.5, 0.6) is 0 Å². The zero-order valence-electron chi connectivity index (χ0n) is 15.3. The number of hydrogen-bond donors (Lipinski definition) is 2. The highest BCUT2D eigenvalue weighted by molar-refractivity contribution is 7.92. The number of aryl methyl sites for hydroxylation is 3. The predicted molar refractivity (Wildman–Crippen MR) is 99.1 cm³/mol. The van der Waals surface area contributed by atoms with Crippen LogP contribution in [0.3, 0.4) is 0 Å². The number of carbonyl (C=O) groups is 1. The van der Waals surface area contributed by atoms with Crippen molar-refractivity contribution in [2.75, 3.05) is 10.0 Å². The van der Waals surface area contributed by atoms with Gasteiger partial charge in [-0.2, -0.15) is 5.10 Å². The predicted octanol–water partition coefficient (Wildman–Crippen LogP) is 2.39. The van der Waals surface area contributed by atoms with Crippen LogP contribution in [0.25, 0.3) is 0 Å². The van der Waals surface area contributed by atoms with Gasteiger partial charge in [-0.05, 0) is 45.0 Å². The molecule has 0 atom stereocenters. The molecule has 1 amide bonds. The standard InChI is InChI=1S/C17H19N5O4S/c1-10-11(2)20-26-17(10)21-27(24,25)14-7-5-13(6-8-14)18-16(23)15-9-22(4)19-12(15)3/h5-9,21H,1-4H3,(H,18,23). The molecule has 3 aromatic rings. The summed E-state index contributed by atoms with van der Waals surface area (Å²) in [4.78, 5) is 12.3. The number of rotatable bonds is 5. The molecule has 27 heavy (non-hydrogen) atoms. The minimum atomic E-state index is -3.83. The van der Waals surface area contributed by atoms with Gasteiger partial charge in [0.1, 0.15) is 0 Å². The molecule has 0 radical (unpaired) electrons. The molecule has 10 heteroatoms. The molecule has 3 rings (SSSR count). The molecule has 0 bridgehead atoms. The SMILES string of the molecule is Cc1nn(C)cc1C(=O)Nc1ccc(S(=O)(=O)Nc2onc(C)c2C)cc1. The summed E-state index contributed by atoms with van der Waals surface area (Å²) in [7, 11) is -2.10. The van der Waals surface area contributed by atoms with Gasteiger partial charge in [-0.25, -0.2) is 13.1 Å². The van der Waals surface area contributed by atoms with Gasteiger partial charge in [-0.1, -0.05) is 5.16 Å². The van der Waals surface area contributed by atoms with Crippen molar-refractivity contribution in [3.63, 3.8) is 0 Å². The van der Waals surface area contributed by atoms with Crippen LogP contribution in [-0.4, -0.2) is 29.3 Å². The Kier molecular flexibility index (Phi) is 4.75. The lowest BCUT2D eigenvalue weighted by Gasteiger charge is -2.08. The summed E-state index contributed by atoms with van der Waals surface area (Å²) in [5.74, 6) is -0.237. The summed E-state index contributed by atoms with van der Waals surface area (Å²) in [6.45, 7) is 5.17. The first-order chi connectivity index (χ1) is 12.7. The van der Waals surface area contributed by atoms with E-state index in [1.165, 1.54) is 24.3 Å². The Labute approximate surface area is 156 Å². The second-order valence-electron chi connectivity index (χ2n) is 6.11. The number of benzene rings is 1. The monoisotopic (exact) mass is 389 g/mol. The molecule has 9 nitrogen and oxygen atoms in total. The molecular weight excluding hydrogens is 370 g/mol. The lowest BCUT2D eigenvalue weighted by molar-refractivity contribution is 0.102. The van der Waals surface area contributed by atoms with E-state index in [1.807, 2.05) is 0 Å². The number of nitrogens with one attached hydrogen (secondary N) is 2. The maximum absolute atomic E-state index is 12.5. The van der Waals surface area contributed by atoms with Gasteiger partial charge < -0.3 is 9.84 Å². The number of aromatic nitrogens is 3. The zero-order valence-corrected chi connectivity index (χ0v) is 16.1. The highest BCUT2D eigenvalue weighted by Gasteiger charge is 2.19. The van der Waals surface area contributed by atoms with Crippen LogP contribution in [0.2, 0.25) is 0 Å². The van der Waals surface area contributed by atoms with E-state index in [4.69, 9.17) is 4.52 Å². The molecule has 1 aromatic carbocycles. The van der Waals surface area contributed by atoms with Crippen molar-refractivity contribution < 1.29 is 17.7 Å². The molecule has 2 heterocycles. The highest BCUT2D eigenvalue weighted by Crippen LogP contribution is 2.22. The molecule has 0 aliphatic carbocycles. The Bertz CT molecular complexity index is 1100. The van der Waals surface area contributed by atoms with E-state index in [9.17, 15) is 13.2 Å². The van der Waals surface area contributed by atoms with Gasteiger partial charge in [0.05, 0.1) is 21.8 Å². The average Bonchev–Trinajstić information content (AvgIpc) is 3.11. The van der Waals surface area contributed by atoms with E-state index in [2.05, 4.69) is 20.3 Å². The second-order valence-corrected chi connectivity index (χ2v) is 7.79. The highest BCUT2D eigenvalue weighted by atomic mass is 32.2. The van der Waals surface area contributed by atoms with Crippen LogP contribution < -0.4 is 10.0 Å². The Morgan fingerprint density at radius 3 is 2.30 bits per heavy atom. The average molecular weight is 389 g/mol. The van der Waals surface area contributed by atoms with E-state index < -0.39 is 10.0 Å². The van der Waals surface area contributed by atoms with Gasteiger partial charge in [-0.3, -0.25) is 9.48 Å². The van der Waals surface area contributed by atoms with Gasteiger partial charge in [0.25, 0.3) is 15.9 Å². The first-order valence-corrected chi connectivity index (χ1v) is 9.53. The first-order valence-electron chi connectivity index (χ1n) is 8.05. The maximum atomic E-state index is 12.5. The van der Waals surface area contributed by atoms with Crippen molar-refractivity contribution in [1.82, 2.24) is 14.9 Å². The molecule has 0 saturated carbocycles. The molecule has 0 unspecified atom stereocenters. The van der Waals surface area contributed by atoms with Gasteiger partial charge in [-0.15, -0.1) is 0 Å². The molecule has 0 aliphatic rings. The molecule has 2 N–H and O–H groups in total. The van der Waals surface area contributed by atoms with Gasteiger partial charge in [0.2, 0.25) is 5.88 Å². The second kappa shape index (κ2) is 6.88. The topological polar surface area (TPSA) is 119 Å². The van der Waals surface area contributed by atoms with Crippen LogP contribution >= 0.6 is 0 Å². The van der Waals surface area contributed by atoms with Crippen molar-refractivity contribution in [1.29, 1.82) is 0 Å². The lowest BCUT2D eigenvalue weighted by atomic mass is 10.2. The normalized spacial score (nSPS) is 11.4. The van der Waals surface area contributed by atoms with E-state index >= 15 is 0 Å². The number of hydrogen-bond acceptors (Lipinski definition) is 6. The number of carbonyl (C=O) groups excluding carboxylic acids is 1. The van der Waals surface area contributed by atoms with Crippen LogP contribution in [0.1, 0.15) is 27.3 Å². The van der Waals surface area contributed by atoms with E-state index in [-0.39, 0.29) is 16.7 Å². The maximum Gasteiger partial charge on any atom is 0.264 e. The fourth-order valence-corrected chi connectivity index (χ4v) is 3.48. The summed E-state index contributed by atoms with van der Waals surface area (Å²) >= 11 is 0. The molecule has 0 spiro atoms. The lowest BCUT2D eigenvalue weighted by Crippen LogP contribution is -2.14. The van der Waals surface area contributed by atoms with Gasteiger partial charge in [0.15, 0.2) is 0 Å². The Morgan fingerprint density at radius 1 is 1.11 bits per heavy atom. The molecule has 0 fully saturated rings. The summed E-state index contributed by atoms with van der Waals surface area (Å²) < 4.78 is 33.8. The third-order valence-electron chi connectivity index (χ3n) is 4.06. The van der Waals surface area contributed by atoms with E-state index in [0.717, 1.165) is 0 Å².